The lowest BCUT2D eigenvalue weighted by Gasteiger charge is -2.12. The maximum atomic E-state index is 12.3. The quantitative estimate of drug-likeness (QED) is 0.255. The fourth-order valence-corrected chi connectivity index (χ4v) is 4.99. The van der Waals surface area contributed by atoms with Crippen molar-refractivity contribution >= 4 is 45.0 Å². The van der Waals surface area contributed by atoms with Gasteiger partial charge in [-0.05, 0) is 47.9 Å². The molecule has 0 aliphatic heterocycles. The number of carbonyl (C=O) groups is 2. The minimum atomic E-state index is -3.65. The molecule has 0 saturated heterocycles. The smallest absolute Gasteiger partial charge is 0.331 e. The van der Waals surface area contributed by atoms with Crippen molar-refractivity contribution in [1.29, 1.82) is 0 Å². The summed E-state index contributed by atoms with van der Waals surface area (Å²) in [4.78, 5) is 25.6. The van der Waals surface area contributed by atoms with Gasteiger partial charge in [-0.3, -0.25) is 4.79 Å². The SMILES string of the molecule is CN(C)S(=O)(=O)c1cccc(NC(=O)COC(=O)C=Cc2cn(-c3ccccc3)nc2-c2cccs2)c1. The van der Waals surface area contributed by atoms with Gasteiger partial charge in [0, 0.05) is 37.6 Å². The molecule has 0 aliphatic rings. The van der Waals surface area contributed by atoms with Crippen molar-refractivity contribution in [2.45, 2.75) is 4.90 Å². The molecule has 190 valence electrons. The molecule has 2 aromatic carbocycles. The van der Waals surface area contributed by atoms with Crippen LogP contribution in [-0.4, -0.2) is 55.1 Å². The Morgan fingerprint density at radius 2 is 1.86 bits per heavy atom. The van der Waals surface area contributed by atoms with Gasteiger partial charge in [0.05, 0.1) is 15.5 Å². The highest BCUT2D eigenvalue weighted by Gasteiger charge is 2.18. The Hall–Kier alpha value is -4.06. The summed E-state index contributed by atoms with van der Waals surface area (Å²) in [5, 5.41) is 9.15. The Balaban J connectivity index is 1.41. The van der Waals surface area contributed by atoms with Crippen LogP contribution in [0.3, 0.4) is 0 Å². The molecule has 0 spiro atoms. The fourth-order valence-electron chi connectivity index (χ4n) is 3.31. The van der Waals surface area contributed by atoms with Gasteiger partial charge in [-0.2, -0.15) is 5.10 Å². The third-order valence-corrected chi connectivity index (χ3v) is 7.85. The molecule has 4 aromatic rings. The second kappa shape index (κ2) is 11.3. The number of nitrogens with one attached hydrogen (secondary N) is 1. The van der Waals surface area contributed by atoms with E-state index in [4.69, 9.17) is 4.74 Å². The molecular weight excluding hydrogens is 512 g/mol. The van der Waals surface area contributed by atoms with Crippen LogP contribution in [0.2, 0.25) is 0 Å². The van der Waals surface area contributed by atoms with Crippen LogP contribution >= 0.6 is 11.3 Å². The number of sulfonamides is 1. The zero-order valence-electron chi connectivity index (χ0n) is 20.1. The van der Waals surface area contributed by atoms with Crippen LogP contribution in [0.5, 0.6) is 0 Å². The third-order valence-electron chi connectivity index (χ3n) is 5.16. The molecule has 2 aromatic heterocycles. The Morgan fingerprint density at radius 3 is 2.57 bits per heavy atom. The molecule has 0 bridgehead atoms. The molecule has 0 unspecified atom stereocenters. The van der Waals surface area contributed by atoms with E-state index in [0.29, 0.717) is 11.3 Å². The standard InChI is InChI=1S/C26H24N4O5S2/c1-29(2)37(33,34)22-11-6-8-20(16-22)27-24(31)18-35-25(32)14-13-19-17-30(21-9-4-3-5-10-21)28-26(19)23-12-7-15-36-23/h3-17H,18H2,1-2H3,(H,27,31). The van der Waals surface area contributed by atoms with E-state index in [1.54, 1.807) is 16.8 Å². The number of benzene rings is 2. The van der Waals surface area contributed by atoms with Crippen molar-refractivity contribution in [3.05, 3.63) is 89.9 Å². The van der Waals surface area contributed by atoms with Crippen LogP contribution in [0.4, 0.5) is 5.69 Å². The summed E-state index contributed by atoms with van der Waals surface area (Å²) >= 11 is 1.53. The summed E-state index contributed by atoms with van der Waals surface area (Å²) in [5.41, 5.74) is 2.58. The van der Waals surface area contributed by atoms with E-state index in [9.17, 15) is 18.0 Å². The van der Waals surface area contributed by atoms with Gasteiger partial charge in [0.15, 0.2) is 6.61 Å². The van der Waals surface area contributed by atoms with Crippen LogP contribution in [0, 0.1) is 0 Å². The van der Waals surface area contributed by atoms with Crippen molar-refractivity contribution in [3.63, 3.8) is 0 Å². The van der Waals surface area contributed by atoms with Gasteiger partial charge < -0.3 is 10.1 Å². The average Bonchev–Trinajstić information content (AvgIpc) is 3.57. The Kier molecular flexibility index (Phi) is 7.97. The first-order chi connectivity index (χ1) is 17.7. The number of carbonyl (C=O) groups excluding carboxylic acids is 2. The van der Waals surface area contributed by atoms with Crippen molar-refractivity contribution in [1.82, 2.24) is 14.1 Å². The van der Waals surface area contributed by atoms with Crippen LogP contribution in [0.15, 0.2) is 89.3 Å². The second-order valence-electron chi connectivity index (χ2n) is 7.99. The summed E-state index contributed by atoms with van der Waals surface area (Å²) < 4.78 is 32.5. The molecule has 1 amide bonds. The van der Waals surface area contributed by atoms with Gasteiger partial charge in [0.2, 0.25) is 10.0 Å². The maximum absolute atomic E-state index is 12.3. The minimum absolute atomic E-state index is 0.0350. The molecule has 2 heterocycles. The van der Waals surface area contributed by atoms with E-state index in [1.807, 2.05) is 54.0 Å². The molecule has 9 nitrogen and oxygen atoms in total. The van der Waals surface area contributed by atoms with Crippen molar-refractivity contribution in [3.8, 4) is 16.3 Å². The van der Waals surface area contributed by atoms with Crippen LogP contribution in [0.25, 0.3) is 22.3 Å². The molecule has 0 fully saturated rings. The van der Waals surface area contributed by atoms with Crippen molar-refractivity contribution < 1.29 is 22.7 Å². The number of nitrogens with zero attached hydrogens (tertiary/aromatic N) is 3. The predicted molar refractivity (Wildman–Crippen MR) is 143 cm³/mol. The first-order valence-corrected chi connectivity index (χ1v) is 13.4. The second-order valence-corrected chi connectivity index (χ2v) is 11.1. The molecule has 0 aliphatic carbocycles. The zero-order valence-corrected chi connectivity index (χ0v) is 21.7. The number of thiophene rings is 1. The number of hydrogen-bond acceptors (Lipinski definition) is 7. The van der Waals surface area contributed by atoms with Crippen LogP contribution in [0.1, 0.15) is 5.56 Å². The molecule has 0 radical (unpaired) electrons. The summed E-state index contributed by atoms with van der Waals surface area (Å²) in [6.45, 7) is -0.533. The normalized spacial score (nSPS) is 11.6. The van der Waals surface area contributed by atoms with Crippen molar-refractivity contribution in [2.24, 2.45) is 0 Å². The first kappa shape index (κ1) is 26.0. The Bertz CT molecular complexity index is 1530. The van der Waals surface area contributed by atoms with E-state index < -0.39 is 28.5 Å². The summed E-state index contributed by atoms with van der Waals surface area (Å²) in [5.74, 6) is -1.30. The third kappa shape index (κ3) is 6.39. The number of hydrogen-bond donors (Lipinski definition) is 1. The predicted octanol–water partition coefficient (Wildman–Crippen LogP) is 4.05. The summed E-state index contributed by atoms with van der Waals surface area (Å²) in [6, 6.07) is 19.3. The maximum Gasteiger partial charge on any atom is 0.331 e. The average molecular weight is 537 g/mol. The number of esters is 1. The van der Waals surface area contributed by atoms with E-state index in [1.165, 1.54) is 49.7 Å². The lowest BCUT2D eigenvalue weighted by atomic mass is 10.2. The topological polar surface area (TPSA) is 111 Å². The Morgan fingerprint density at radius 1 is 1.08 bits per heavy atom. The minimum Gasteiger partial charge on any atom is -0.452 e. The van der Waals surface area contributed by atoms with Crippen molar-refractivity contribution in [2.75, 3.05) is 26.0 Å². The van der Waals surface area contributed by atoms with Gasteiger partial charge in [0.25, 0.3) is 5.91 Å². The van der Waals surface area contributed by atoms with E-state index in [2.05, 4.69) is 10.4 Å². The molecule has 11 heteroatoms. The van der Waals surface area contributed by atoms with Gasteiger partial charge in [0.1, 0.15) is 5.69 Å². The monoisotopic (exact) mass is 536 g/mol. The molecule has 4 rings (SSSR count). The number of anilines is 1. The molecular formula is C26H24N4O5S2. The molecule has 1 N–H and O–H groups in total. The number of rotatable bonds is 9. The van der Waals surface area contributed by atoms with Crippen LogP contribution in [-0.2, 0) is 24.3 Å². The van der Waals surface area contributed by atoms with Gasteiger partial charge >= 0.3 is 5.97 Å². The van der Waals surface area contributed by atoms with E-state index in [0.717, 1.165) is 14.9 Å². The number of ether oxygens (including phenoxy) is 1. The number of amides is 1. The van der Waals surface area contributed by atoms with E-state index in [-0.39, 0.29) is 10.6 Å². The summed E-state index contributed by atoms with van der Waals surface area (Å²) in [6.07, 6.45) is 4.65. The van der Waals surface area contributed by atoms with Gasteiger partial charge in [-0.15, -0.1) is 11.3 Å². The highest BCUT2D eigenvalue weighted by Crippen LogP contribution is 2.28. The van der Waals surface area contributed by atoms with Crippen LogP contribution < -0.4 is 5.32 Å². The fraction of sp³-hybridized carbons (Fsp3) is 0.115. The summed E-state index contributed by atoms with van der Waals surface area (Å²) in [7, 11) is -0.809. The molecule has 0 saturated carbocycles. The highest BCUT2D eigenvalue weighted by molar-refractivity contribution is 7.89. The number of para-hydroxylation sites is 1. The molecule has 0 atom stereocenters. The lowest BCUT2D eigenvalue weighted by molar-refractivity contribution is -0.142. The molecule has 37 heavy (non-hydrogen) atoms. The number of aromatic nitrogens is 2. The largest absolute Gasteiger partial charge is 0.452 e. The Labute approximate surface area is 218 Å². The van der Waals surface area contributed by atoms with Gasteiger partial charge in [-0.25, -0.2) is 22.2 Å². The lowest BCUT2D eigenvalue weighted by Crippen LogP contribution is -2.23. The zero-order chi connectivity index (χ0) is 26.4. The van der Waals surface area contributed by atoms with E-state index >= 15 is 0 Å². The van der Waals surface area contributed by atoms with Gasteiger partial charge in [-0.1, -0.05) is 30.3 Å². The highest BCUT2D eigenvalue weighted by atomic mass is 32.2. The first-order valence-electron chi connectivity index (χ1n) is 11.1.